The third-order valence-corrected chi connectivity index (χ3v) is 2.96. The molecular formula is C15H19FN4. The third kappa shape index (κ3) is 4.12. The summed E-state index contributed by atoms with van der Waals surface area (Å²) in [5, 5.41) is 6.29. The molecule has 0 fully saturated rings. The van der Waals surface area contributed by atoms with Gasteiger partial charge in [-0.05, 0) is 18.2 Å². The quantitative estimate of drug-likeness (QED) is 0.647. The van der Waals surface area contributed by atoms with Crippen LogP contribution in [0.5, 0.6) is 0 Å². The standard InChI is InChI=1S/C15H19FN4/c1-17-15(18-8-11-20-9-4-5-10-20)19-12-13-6-2-3-7-14(13)16/h2-7,9-10H,8,11-12H2,1H3,(H2,17,18,19). The number of guanidine groups is 1. The van der Waals surface area contributed by atoms with Gasteiger partial charge in [-0.25, -0.2) is 4.39 Å². The van der Waals surface area contributed by atoms with Crippen LogP contribution in [0.15, 0.2) is 53.8 Å². The Labute approximate surface area is 118 Å². The zero-order valence-corrected chi connectivity index (χ0v) is 11.5. The highest BCUT2D eigenvalue weighted by Crippen LogP contribution is 2.05. The van der Waals surface area contributed by atoms with Crippen LogP contribution >= 0.6 is 0 Å². The maximum atomic E-state index is 13.5. The number of nitrogens with zero attached hydrogens (tertiary/aromatic N) is 2. The molecule has 1 aromatic carbocycles. The van der Waals surface area contributed by atoms with E-state index in [0.717, 1.165) is 13.1 Å². The molecule has 0 aliphatic carbocycles. The van der Waals surface area contributed by atoms with Gasteiger partial charge in [0.15, 0.2) is 5.96 Å². The van der Waals surface area contributed by atoms with E-state index in [0.29, 0.717) is 18.1 Å². The number of nitrogens with one attached hydrogen (secondary N) is 2. The molecule has 2 aromatic rings. The Bertz CT molecular complexity index is 549. The van der Waals surface area contributed by atoms with Crippen molar-refractivity contribution in [2.45, 2.75) is 13.1 Å². The van der Waals surface area contributed by atoms with Gasteiger partial charge in [0.2, 0.25) is 0 Å². The van der Waals surface area contributed by atoms with Gasteiger partial charge in [0.1, 0.15) is 5.82 Å². The molecular weight excluding hydrogens is 255 g/mol. The van der Waals surface area contributed by atoms with Gasteiger partial charge < -0.3 is 15.2 Å². The van der Waals surface area contributed by atoms with Crippen molar-refractivity contribution in [1.29, 1.82) is 0 Å². The lowest BCUT2D eigenvalue weighted by Gasteiger charge is -2.12. The Morgan fingerprint density at radius 3 is 2.60 bits per heavy atom. The fraction of sp³-hybridized carbons (Fsp3) is 0.267. The molecule has 20 heavy (non-hydrogen) atoms. The molecule has 0 aliphatic rings. The Hall–Kier alpha value is -2.30. The summed E-state index contributed by atoms with van der Waals surface area (Å²) in [5.41, 5.74) is 0.626. The van der Waals surface area contributed by atoms with Crippen molar-refractivity contribution in [3.8, 4) is 0 Å². The minimum Gasteiger partial charge on any atom is -0.355 e. The van der Waals surface area contributed by atoms with Crippen LogP contribution < -0.4 is 10.6 Å². The molecule has 0 amide bonds. The van der Waals surface area contributed by atoms with E-state index in [9.17, 15) is 4.39 Å². The van der Waals surface area contributed by atoms with E-state index in [1.165, 1.54) is 6.07 Å². The van der Waals surface area contributed by atoms with Crippen molar-refractivity contribution in [3.63, 3.8) is 0 Å². The second-order valence-corrected chi connectivity index (χ2v) is 4.36. The first-order valence-corrected chi connectivity index (χ1v) is 6.58. The number of aliphatic imine (C=N–C) groups is 1. The van der Waals surface area contributed by atoms with Crippen LogP contribution in [0.3, 0.4) is 0 Å². The second-order valence-electron chi connectivity index (χ2n) is 4.36. The molecule has 0 bridgehead atoms. The monoisotopic (exact) mass is 274 g/mol. The molecule has 0 saturated carbocycles. The Balaban J connectivity index is 1.77. The Morgan fingerprint density at radius 2 is 1.90 bits per heavy atom. The smallest absolute Gasteiger partial charge is 0.191 e. The number of hydrogen-bond acceptors (Lipinski definition) is 1. The maximum Gasteiger partial charge on any atom is 0.191 e. The van der Waals surface area contributed by atoms with E-state index in [1.807, 2.05) is 30.6 Å². The third-order valence-electron chi connectivity index (χ3n) is 2.96. The SMILES string of the molecule is CN=C(NCCn1cccc1)NCc1ccccc1F. The average molecular weight is 274 g/mol. The van der Waals surface area contributed by atoms with Gasteiger partial charge in [-0.15, -0.1) is 0 Å². The van der Waals surface area contributed by atoms with E-state index in [-0.39, 0.29) is 5.82 Å². The number of hydrogen-bond donors (Lipinski definition) is 2. The summed E-state index contributed by atoms with van der Waals surface area (Å²) in [5.74, 6) is 0.461. The van der Waals surface area contributed by atoms with Gasteiger partial charge >= 0.3 is 0 Å². The zero-order chi connectivity index (χ0) is 14.2. The van der Waals surface area contributed by atoms with Crippen molar-refractivity contribution in [2.75, 3.05) is 13.6 Å². The van der Waals surface area contributed by atoms with Crippen LogP contribution in [0.25, 0.3) is 0 Å². The average Bonchev–Trinajstić information content (AvgIpc) is 2.97. The fourth-order valence-corrected chi connectivity index (χ4v) is 1.86. The van der Waals surface area contributed by atoms with Crippen LogP contribution in [0.1, 0.15) is 5.56 Å². The molecule has 2 rings (SSSR count). The summed E-state index contributed by atoms with van der Waals surface area (Å²) in [7, 11) is 1.70. The van der Waals surface area contributed by atoms with Crippen molar-refractivity contribution in [1.82, 2.24) is 15.2 Å². The summed E-state index contributed by atoms with van der Waals surface area (Å²) >= 11 is 0. The van der Waals surface area contributed by atoms with Crippen molar-refractivity contribution < 1.29 is 4.39 Å². The summed E-state index contributed by atoms with van der Waals surface area (Å²) in [4.78, 5) is 4.11. The molecule has 1 heterocycles. The first-order valence-electron chi connectivity index (χ1n) is 6.58. The number of benzene rings is 1. The van der Waals surface area contributed by atoms with Gasteiger partial charge in [0, 0.05) is 44.6 Å². The Morgan fingerprint density at radius 1 is 1.15 bits per heavy atom. The summed E-state index contributed by atoms with van der Waals surface area (Å²) in [6.45, 7) is 2.02. The van der Waals surface area contributed by atoms with Crippen LogP contribution in [-0.2, 0) is 13.1 Å². The maximum absolute atomic E-state index is 13.5. The first-order chi connectivity index (χ1) is 9.79. The normalized spacial score (nSPS) is 11.4. The molecule has 0 saturated heterocycles. The lowest BCUT2D eigenvalue weighted by molar-refractivity contribution is 0.603. The number of aromatic nitrogens is 1. The van der Waals surface area contributed by atoms with Crippen LogP contribution in [0, 0.1) is 5.82 Å². The summed E-state index contributed by atoms with van der Waals surface area (Å²) in [6.07, 6.45) is 4.02. The highest BCUT2D eigenvalue weighted by Gasteiger charge is 2.02. The molecule has 1 aromatic heterocycles. The van der Waals surface area contributed by atoms with Gasteiger partial charge in [0.25, 0.3) is 0 Å². The zero-order valence-electron chi connectivity index (χ0n) is 11.5. The number of rotatable bonds is 5. The minimum absolute atomic E-state index is 0.206. The lowest BCUT2D eigenvalue weighted by atomic mass is 10.2. The lowest BCUT2D eigenvalue weighted by Crippen LogP contribution is -2.38. The van der Waals surface area contributed by atoms with Gasteiger partial charge in [0.05, 0.1) is 0 Å². The molecule has 0 radical (unpaired) electrons. The number of halogens is 1. The molecule has 5 heteroatoms. The Kier molecular flexibility index (Phi) is 5.17. The topological polar surface area (TPSA) is 41.4 Å². The van der Waals surface area contributed by atoms with Crippen LogP contribution in [0.4, 0.5) is 4.39 Å². The van der Waals surface area contributed by atoms with Gasteiger partial charge in [-0.2, -0.15) is 0 Å². The van der Waals surface area contributed by atoms with E-state index in [4.69, 9.17) is 0 Å². The predicted octanol–water partition coefficient (Wildman–Crippen LogP) is 1.99. The van der Waals surface area contributed by atoms with Crippen LogP contribution in [-0.4, -0.2) is 24.1 Å². The summed E-state index contributed by atoms with van der Waals surface area (Å²) < 4.78 is 15.6. The fourth-order valence-electron chi connectivity index (χ4n) is 1.86. The van der Waals surface area contributed by atoms with Crippen molar-refractivity contribution in [3.05, 3.63) is 60.2 Å². The van der Waals surface area contributed by atoms with Crippen LogP contribution in [0.2, 0.25) is 0 Å². The molecule has 0 unspecified atom stereocenters. The minimum atomic E-state index is -0.206. The molecule has 0 atom stereocenters. The van der Waals surface area contributed by atoms with Gasteiger partial charge in [-0.1, -0.05) is 18.2 Å². The summed E-state index contributed by atoms with van der Waals surface area (Å²) in [6, 6.07) is 10.7. The highest BCUT2D eigenvalue weighted by atomic mass is 19.1. The first kappa shape index (κ1) is 14.1. The highest BCUT2D eigenvalue weighted by molar-refractivity contribution is 5.79. The second kappa shape index (κ2) is 7.33. The molecule has 2 N–H and O–H groups in total. The van der Waals surface area contributed by atoms with E-state index in [1.54, 1.807) is 19.2 Å². The van der Waals surface area contributed by atoms with E-state index < -0.39 is 0 Å². The van der Waals surface area contributed by atoms with E-state index in [2.05, 4.69) is 20.2 Å². The van der Waals surface area contributed by atoms with Gasteiger partial charge in [-0.3, -0.25) is 4.99 Å². The van der Waals surface area contributed by atoms with Crippen molar-refractivity contribution >= 4 is 5.96 Å². The van der Waals surface area contributed by atoms with Crippen molar-refractivity contribution in [2.24, 2.45) is 4.99 Å². The molecule has 106 valence electrons. The molecule has 0 spiro atoms. The predicted molar refractivity (Wildman–Crippen MR) is 79.0 cm³/mol. The molecule has 0 aliphatic heterocycles. The van der Waals surface area contributed by atoms with E-state index >= 15 is 0 Å². The molecule has 4 nitrogen and oxygen atoms in total. The largest absolute Gasteiger partial charge is 0.355 e.